The predicted octanol–water partition coefficient (Wildman–Crippen LogP) is 3.07. The number of nitriles is 1. The lowest BCUT2D eigenvalue weighted by atomic mass is 10.1. The van der Waals surface area contributed by atoms with Crippen LogP contribution < -0.4 is 0 Å². The molecule has 0 bridgehead atoms. The van der Waals surface area contributed by atoms with Crippen molar-refractivity contribution in [2.45, 2.75) is 13.8 Å². The van der Waals surface area contributed by atoms with Crippen LogP contribution in [0.15, 0.2) is 23.1 Å². The summed E-state index contributed by atoms with van der Waals surface area (Å²) in [6.07, 6.45) is 0. The van der Waals surface area contributed by atoms with E-state index in [0.717, 1.165) is 16.0 Å². The average Bonchev–Trinajstić information content (AvgIpc) is 2.40. The van der Waals surface area contributed by atoms with Crippen molar-refractivity contribution in [3.63, 3.8) is 0 Å². The Hall–Kier alpha value is -1.07. The Balaban J connectivity index is 3.12. The highest BCUT2D eigenvalue weighted by Crippen LogP contribution is 2.21. The SMILES string of the molecule is CC(C)=C(C#N)c1cccs1. The van der Waals surface area contributed by atoms with Crippen LogP contribution in [0, 0.1) is 11.3 Å². The van der Waals surface area contributed by atoms with Crippen LogP contribution in [0.2, 0.25) is 0 Å². The summed E-state index contributed by atoms with van der Waals surface area (Å²) in [5.74, 6) is 0. The minimum atomic E-state index is 0.806. The largest absolute Gasteiger partial charge is 0.192 e. The van der Waals surface area contributed by atoms with Crippen molar-refractivity contribution in [2.24, 2.45) is 0 Å². The summed E-state index contributed by atoms with van der Waals surface area (Å²) < 4.78 is 0. The molecular weight excluding hydrogens is 154 g/mol. The molecule has 0 radical (unpaired) electrons. The summed E-state index contributed by atoms with van der Waals surface area (Å²) >= 11 is 1.60. The number of thiophene rings is 1. The highest BCUT2D eigenvalue weighted by atomic mass is 32.1. The molecular formula is C9H9NS. The van der Waals surface area contributed by atoms with E-state index in [-0.39, 0.29) is 0 Å². The van der Waals surface area contributed by atoms with Crippen LogP contribution in [-0.4, -0.2) is 0 Å². The van der Waals surface area contributed by atoms with Crippen molar-refractivity contribution >= 4 is 16.9 Å². The first kappa shape index (κ1) is 8.03. The van der Waals surface area contributed by atoms with Gasteiger partial charge in [0.15, 0.2) is 0 Å². The Morgan fingerprint density at radius 2 is 2.27 bits per heavy atom. The number of rotatable bonds is 1. The number of hydrogen-bond acceptors (Lipinski definition) is 2. The molecule has 0 aliphatic rings. The fraction of sp³-hybridized carbons (Fsp3) is 0.222. The third-order valence-electron chi connectivity index (χ3n) is 1.38. The zero-order chi connectivity index (χ0) is 8.27. The van der Waals surface area contributed by atoms with E-state index in [0.29, 0.717) is 0 Å². The van der Waals surface area contributed by atoms with Gasteiger partial charge in [0.05, 0.1) is 5.57 Å². The van der Waals surface area contributed by atoms with Crippen molar-refractivity contribution in [1.29, 1.82) is 5.26 Å². The molecule has 1 aromatic heterocycles. The Morgan fingerprint density at radius 1 is 1.55 bits per heavy atom. The summed E-state index contributed by atoms with van der Waals surface area (Å²) in [5, 5.41) is 10.7. The van der Waals surface area contributed by atoms with Gasteiger partial charge in [0.2, 0.25) is 0 Å². The molecule has 1 nitrogen and oxygen atoms in total. The topological polar surface area (TPSA) is 23.8 Å². The molecule has 1 aromatic rings. The summed E-state index contributed by atoms with van der Waals surface area (Å²) in [6.45, 7) is 3.91. The number of hydrogen-bond donors (Lipinski definition) is 0. The molecule has 11 heavy (non-hydrogen) atoms. The second kappa shape index (κ2) is 3.36. The molecule has 0 aromatic carbocycles. The zero-order valence-electron chi connectivity index (χ0n) is 6.59. The molecule has 1 rings (SSSR count). The highest BCUT2D eigenvalue weighted by molar-refractivity contribution is 7.11. The first-order valence-electron chi connectivity index (χ1n) is 3.37. The van der Waals surface area contributed by atoms with Crippen LogP contribution in [0.3, 0.4) is 0 Å². The minimum absolute atomic E-state index is 0.806. The zero-order valence-corrected chi connectivity index (χ0v) is 7.40. The smallest absolute Gasteiger partial charge is 0.101 e. The van der Waals surface area contributed by atoms with Gasteiger partial charge in [-0.25, -0.2) is 0 Å². The molecule has 1 heterocycles. The fourth-order valence-electron chi connectivity index (χ4n) is 0.834. The Kier molecular flexibility index (Phi) is 2.45. The number of allylic oxidation sites excluding steroid dienone is 2. The summed E-state index contributed by atoms with van der Waals surface area (Å²) in [6, 6.07) is 6.12. The lowest BCUT2D eigenvalue weighted by molar-refractivity contribution is 1.40. The van der Waals surface area contributed by atoms with Crippen molar-refractivity contribution in [3.8, 4) is 6.07 Å². The molecule has 0 unspecified atom stereocenters. The van der Waals surface area contributed by atoms with Gasteiger partial charge in [-0.05, 0) is 25.3 Å². The molecule has 0 N–H and O–H groups in total. The molecule has 56 valence electrons. The van der Waals surface area contributed by atoms with E-state index in [2.05, 4.69) is 6.07 Å². The van der Waals surface area contributed by atoms with Gasteiger partial charge in [-0.15, -0.1) is 11.3 Å². The minimum Gasteiger partial charge on any atom is -0.192 e. The van der Waals surface area contributed by atoms with E-state index in [1.165, 1.54) is 0 Å². The van der Waals surface area contributed by atoms with Gasteiger partial charge in [0.25, 0.3) is 0 Å². The quantitative estimate of drug-likeness (QED) is 0.584. The van der Waals surface area contributed by atoms with Crippen LogP contribution >= 0.6 is 11.3 Å². The Bertz CT molecular complexity index is 297. The molecule has 0 fully saturated rings. The van der Waals surface area contributed by atoms with Crippen molar-refractivity contribution in [2.75, 3.05) is 0 Å². The van der Waals surface area contributed by atoms with Crippen LogP contribution in [0.25, 0.3) is 5.57 Å². The average molecular weight is 163 g/mol. The molecule has 0 saturated carbocycles. The number of nitrogens with zero attached hydrogens (tertiary/aromatic N) is 1. The van der Waals surface area contributed by atoms with Gasteiger partial charge in [-0.1, -0.05) is 11.6 Å². The molecule has 2 heteroatoms. The maximum atomic E-state index is 8.77. The fourth-order valence-corrected chi connectivity index (χ4v) is 1.66. The third-order valence-corrected chi connectivity index (χ3v) is 2.27. The Morgan fingerprint density at radius 3 is 2.64 bits per heavy atom. The second-order valence-corrected chi connectivity index (χ2v) is 3.41. The molecule has 0 aliphatic carbocycles. The van der Waals surface area contributed by atoms with Gasteiger partial charge in [-0.3, -0.25) is 0 Å². The molecule has 0 atom stereocenters. The summed E-state index contributed by atoms with van der Waals surface area (Å²) in [5.41, 5.74) is 1.88. The highest BCUT2D eigenvalue weighted by Gasteiger charge is 2.01. The van der Waals surface area contributed by atoms with Gasteiger partial charge in [0, 0.05) is 4.88 Å². The van der Waals surface area contributed by atoms with E-state index < -0.39 is 0 Å². The summed E-state index contributed by atoms with van der Waals surface area (Å²) in [7, 11) is 0. The monoisotopic (exact) mass is 163 g/mol. The standard InChI is InChI=1S/C9H9NS/c1-7(2)8(6-10)9-4-3-5-11-9/h3-5H,1-2H3. The van der Waals surface area contributed by atoms with Crippen LogP contribution in [-0.2, 0) is 0 Å². The third kappa shape index (κ3) is 1.69. The lowest BCUT2D eigenvalue weighted by Gasteiger charge is -1.94. The molecule has 0 aliphatic heterocycles. The Labute approximate surface area is 70.6 Å². The van der Waals surface area contributed by atoms with E-state index in [1.54, 1.807) is 11.3 Å². The van der Waals surface area contributed by atoms with E-state index in [4.69, 9.17) is 5.26 Å². The lowest BCUT2D eigenvalue weighted by Crippen LogP contribution is -1.77. The van der Waals surface area contributed by atoms with Gasteiger partial charge >= 0.3 is 0 Å². The van der Waals surface area contributed by atoms with Gasteiger partial charge < -0.3 is 0 Å². The molecule has 0 spiro atoms. The molecule has 0 saturated heterocycles. The normalized spacial score (nSPS) is 8.82. The van der Waals surface area contributed by atoms with Crippen molar-refractivity contribution < 1.29 is 0 Å². The van der Waals surface area contributed by atoms with Crippen LogP contribution in [0.5, 0.6) is 0 Å². The first-order chi connectivity index (χ1) is 5.25. The predicted molar refractivity (Wildman–Crippen MR) is 48.2 cm³/mol. The molecule has 0 amide bonds. The van der Waals surface area contributed by atoms with E-state index in [9.17, 15) is 0 Å². The van der Waals surface area contributed by atoms with Crippen molar-refractivity contribution in [1.82, 2.24) is 0 Å². The van der Waals surface area contributed by atoms with E-state index in [1.807, 2.05) is 31.4 Å². The maximum absolute atomic E-state index is 8.77. The van der Waals surface area contributed by atoms with Crippen molar-refractivity contribution in [3.05, 3.63) is 28.0 Å². The summed E-state index contributed by atoms with van der Waals surface area (Å²) in [4.78, 5) is 1.06. The van der Waals surface area contributed by atoms with Crippen LogP contribution in [0.4, 0.5) is 0 Å². The maximum Gasteiger partial charge on any atom is 0.101 e. The van der Waals surface area contributed by atoms with Crippen LogP contribution in [0.1, 0.15) is 18.7 Å². The second-order valence-electron chi connectivity index (χ2n) is 2.46. The van der Waals surface area contributed by atoms with Gasteiger partial charge in [0.1, 0.15) is 6.07 Å². The van der Waals surface area contributed by atoms with Gasteiger partial charge in [-0.2, -0.15) is 5.26 Å². The first-order valence-corrected chi connectivity index (χ1v) is 4.25. The van der Waals surface area contributed by atoms with E-state index >= 15 is 0 Å².